The third-order valence-electron chi connectivity index (χ3n) is 5.44. The minimum absolute atomic E-state index is 0.157. The molecule has 0 aromatic rings. The summed E-state index contributed by atoms with van der Waals surface area (Å²) in [6.45, 7) is 11.3. The van der Waals surface area contributed by atoms with Crippen LogP contribution in [0.4, 0.5) is 0 Å². The zero-order valence-electron chi connectivity index (χ0n) is 16.9. The summed E-state index contributed by atoms with van der Waals surface area (Å²) < 4.78 is 17.5. The molecule has 2 rings (SSSR count). The van der Waals surface area contributed by atoms with Gasteiger partial charge in [-0.25, -0.2) is 4.79 Å². The van der Waals surface area contributed by atoms with Crippen molar-refractivity contribution in [2.45, 2.75) is 78.9 Å². The highest BCUT2D eigenvalue weighted by Crippen LogP contribution is 2.55. The minimum atomic E-state index is -0.943. The average Bonchev–Trinajstić information content (AvgIpc) is 2.80. The molecule has 26 heavy (non-hydrogen) atoms. The van der Waals surface area contributed by atoms with Gasteiger partial charge in [0, 0.05) is 19.3 Å². The second kappa shape index (κ2) is 8.55. The normalized spacial score (nSPS) is 30.0. The third kappa shape index (κ3) is 4.67. The number of ketones is 1. The number of hydrogen-bond donors (Lipinski definition) is 0. The van der Waals surface area contributed by atoms with Crippen LogP contribution in [0.15, 0.2) is 11.8 Å². The Morgan fingerprint density at radius 1 is 1.19 bits per heavy atom. The summed E-state index contributed by atoms with van der Waals surface area (Å²) in [5.74, 6) is 0.306. The predicted octanol–water partition coefficient (Wildman–Crippen LogP) is 4.40. The van der Waals surface area contributed by atoms with E-state index < -0.39 is 17.2 Å². The lowest BCUT2D eigenvalue weighted by Gasteiger charge is -2.43. The molecule has 0 radical (unpaired) electrons. The summed E-state index contributed by atoms with van der Waals surface area (Å²) in [6.07, 6.45) is 5.49. The van der Waals surface area contributed by atoms with E-state index in [1.165, 1.54) is 6.08 Å². The highest BCUT2D eigenvalue weighted by atomic mass is 16.7. The molecule has 5 nitrogen and oxygen atoms in total. The molecule has 148 valence electrons. The molecular formula is C21H34O5. The lowest BCUT2D eigenvalue weighted by atomic mass is 9.69. The lowest BCUT2D eigenvalue weighted by Crippen LogP contribution is -2.53. The van der Waals surface area contributed by atoms with E-state index in [1.54, 1.807) is 0 Å². The SMILES string of the molecule is CC(C)CCOC(=O)/C=C1\C[C@]2(C)C(=O)CCC[C@]2(OCCC(C)C)O1. The van der Waals surface area contributed by atoms with E-state index in [9.17, 15) is 9.59 Å². The van der Waals surface area contributed by atoms with Gasteiger partial charge in [0.15, 0.2) is 0 Å². The number of esters is 1. The molecule has 0 unspecified atom stereocenters. The first-order valence-corrected chi connectivity index (χ1v) is 9.92. The predicted molar refractivity (Wildman–Crippen MR) is 99.3 cm³/mol. The van der Waals surface area contributed by atoms with Crippen molar-refractivity contribution in [2.24, 2.45) is 17.3 Å². The number of allylic oxidation sites excluding steroid dienone is 1. The maximum absolute atomic E-state index is 12.7. The standard InChI is InChI=1S/C21H34O5/c1-15(2)8-11-24-19(23)13-17-14-20(5)18(22)7-6-10-21(20,26-17)25-12-9-16(3)4/h13,15-16H,6-12,14H2,1-5H3/b17-13+/t20-,21+/m1/s1. The molecule has 1 heterocycles. The fourth-order valence-electron chi connectivity index (χ4n) is 3.61. The number of rotatable bonds is 8. The van der Waals surface area contributed by atoms with Gasteiger partial charge in [-0.05, 0) is 38.0 Å². The van der Waals surface area contributed by atoms with Gasteiger partial charge in [0.05, 0.1) is 24.7 Å². The first-order valence-electron chi connectivity index (χ1n) is 9.92. The van der Waals surface area contributed by atoms with Crippen LogP contribution in [-0.2, 0) is 23.8 Å². The molecule has 0 N–H and O–H groups in total. The van der Waals surface area contributed by atoms with Gasteiger partial charge in [-0.3, -0.25) is 4.79 Å². The van der Waals surface area contributed by atoms with Crippen LogP contribution >= 0.6 is 0 Å². The van der Waals surface area contributed by atoms with Crippen LogP contribution in [0.3, 0.4) is 0 Å². The van der Waals surface area contributed by atoms with Crippen LogP contribution in [-0.4, -0.2) is 30.8 Å². The second-order valence-electron chi connectivity index (χ2n) is 8.63. The van der Waals surface area contributed by atoms with Crippen molar-refractivity contribution >= 4 is 11.8 Å². The van der Waals surface area contributed by atoms with Gasteiger partial charge in [-0.1, -0.05) is 27.7 Å². The summed E-state index contributed by atoms with van der Waals surface area (Å²) in [5.41, 5.74) is -0.730. The van der Waals surface area contributed by atoms with Crippen molar-refractivity contribution < 1.29 is 23.8 Å². The summed E-state index contributed by atoms with van der Waals surface area (Å²) in [6, 6.07) is 0. The maximum Gasteiger partial charge on any atom is 0.334 e. The van der Waals surface area contributed by atoms with E-state index >= 15 is 0 Å². The largest absolute Gasteiger partial charge is 0.465 e. The monoisotopic (exact) mass is 366 g/mol. The molecule has 1 aliphatic carbocycles. The molecule has 0 bridgehead atoms. The molecule has 0 amide bonds. The van der Waals surface area contributed by atoms with Crippen molar-refractivity contribution in [3.63, 3.8) is 0 Å². The molecule has 2 aliphatic rings. The van der Waals surface area contributed by atoms with Crippen molar-refractivity contribution in [1.82, 2.24) is 0 Å². The molecule has 5 heteroatoms. The topological polar surface area (TPSA) is 61.8 Å². The first kappa shape index (κ1) is 20.9. The first-order chi connectivity index (χ1) is 12.2. The Morgan fingerprint density at radius 2 is 1.85 bits per heavy atom. The van der Waals surface area contributed by atoms with Gasteiger partial charge in [-0.15, -0.1) is 0 Å². The number of fused-ring (bicyclic) bond motifs is 1. The van der Waals surface area contributed by atoms with Gasteiger partial charge in [0.2, 0.25) is 5.79 Å². The number of carbonyl (C=O) groups is 2. The highest BCUT2D eigenvalue weighted by Gasteiger charge is 2.62. The quantitative estimate of drug-likeness (QED) is 0.471. The third-order valence-corrected chi connectivity index (χ3v) is 5.44. The summed E-state index contributed by atoms with van der Waals surface area (Å²) >= 11 is 0. The number of ether oxygens (including phenoxy) is 3. The van der Waals surface area contributed by atoms with Crippen LogP contribution in [0, 0.1) is 17.3 Å². The number of Topliss-reactive ketones (excluding diaryl/α,β-unsaturated/α-hetero) is 1. The number of carbonyl (C=O) groups excluding carboxylic acids is 2. The van der Waals surface area contributed by atoms with E-state index in [4.69, 9.17) is 14.2 Å². The highest BCUT2D eigenvalue weighted by molar-refractivity contribution is 5.88. The lowest BCUT2D eigenvalue weighted by molar-refractivity contribution is -0.253. The van der Waals surface area contributed by atoms with Gasteiger partial charge >= 0.3 is 5.97 Å². The molecule has 2 atom stereocenters. The van der Waals surface area contributed by atoms with E-state index in [-0.39, 0.29) is 5.78 Å². The number of hydrogen-bond acceptors (Lipinski definition) is 5. The van der Waals surface area contributed by atoms with E-state index in [1.807, 2.05) is 6.92 Å². The molecule has 0 aromatic carbocycles. The fraction of sp³-hybridized carbons (Fsp3) is 0.810. The average molecular weight is 366 g/mol. The van der Waals surface area contributed by atoms with Gasteiger partial charge in [0.25, 0.3) is 0 Å². The maximum atomic E-state index is 12.7. The Kier molecular flexibility index (Phi) is 6.89. The smallest absolute Gasteiger partial charge is 0.334 e. The molecule has 0 aromatic heterocycles. The zero-order valence-corrected chi connectivity index (χ0v) is 16.9. The van der Waals surface area contributed by atoms with Gasteiger partial charge in [-0.2, -0.15) is 0 Å². The minimum Gasteiger partial charge on any atom is -0.465 e. The van der Waals surface area contributed by atoms with Crippen LogP contribution in [0.2, 0.25) is 0 Å². The van der Waals surface area contributed by atoms with E-state index in [2.05, 4.69) is 27.7 Å². The molecule has 1 saturated carbocycles. The fourth-order valence-corrected chi connectivity index (χ4v) is 3.61. The molecule has 2 fully saturated rings. The second-order valence-corrected chi connectivity index (χ2v) is 8.63. The molecular weight excluding hydrogens is 332 g/mol. The van der Waals surface area contributed by atoms with Crippen molar-refractivity contribution in [2.75, 3.05) is 13.2 Å². The molecule has 1 aliphatic heterocycles. The van der Waals surface area contributed by atoms with E-state index in [0.29, 0.717) is 50.1 Å². The van der Waals surface area contributed by atoms with Gasteiger partial charge < -0.3 is 14.2 Å². The van der Waals surface area contributed by atoms with Crippen LogP contribution < -0.4 is 0 Å². The summed E-state index contributed by atoms with van der Waals surface area (Å²) in [5, 5.41) is 0. The van der Waals surface area contributed by atoms with Crippen LogP contribution in [0.1, 0.15) is 73.1 Å². The Balaban J connectivity index is 2.09. The molecule has 0 spiro atoms. The van der Waals surface area contributed by atoms with Crippen molar-refractivity contribution in [3.05, 3.63) is 11.8 Å². The Bertz CT molecular complexity index is 551. The Labute approximate surface area is 157 Å². The van der Waals surface area contributed by atoms with Gasteiger partial charge in [0.1, 0.15) is 11.5 Å². The van der Waals surface area contributed by atoms with Crippen LogP contribution in [0.25, 0.3) is 0 Å². The van der Waals surface area contributed by atoms with Crippen molar-refractivity contribution in [3.8, 4) is 0 Å². The summed E-state index contributed by atoms with van der Waals surface area (Å²) in [7, 11) is 0. The van der Waals surface area contributed by atoms with Crippen molar-refractivity contribution in [1.29, 1.82) is 0 Å². The van der Waals surface area contributed by atoms with Crippen LogP contribution in [0.5, 0.6) is 0 Å². The zero-order chi connectivity index (χ0) is 19.4. The molecule has 1 saturated heterocycles. The van der Waals surface area contributed by atoms with E-state index in [0.717, 1.165) is 19.3 Å². The summed E-state index contributed by atoms with van der Waals surface area (Å²) in [4.78, 5) is 24.8. The Hall–Kier alpha value is -1.36. The Morgan fingerprint density at radius 3 is 2.50 bits per heavy atom.